The number of carboxylic acid groups (broad SMARTS) is 1. The van der Waals surface area contributed by atoms with Gasteiger partial charge in [0.25, 0.3) is 11.5 Å². The van der Waals surface area contributed by atoms with Crippen LogP contribution in [0.5, 0.6) is 0 Å². The fraction of sp³-hybridized carbons (Fsp3) is 0.525. The van der Waals surface area contributed by atoms with Crippen molar-refractivity contribution < 1.29 is 19.4 Å². The van der Waals surface area contributed by atoms with Crippen molar-refractivity contribution in [3.63, 3.8) is 0 Å². The zero-order valence-corrected chi connectivity index (χ0v) is 30.9. The molecular weight excluding hydrogens is 630 g/mol. The number of H-pyrrole nitrogens is 1. The molecule has 3 N–H and O–H groups in total. The number of ether oxygens (including phenoxy) is 1. The molecule has 2 fully saturated rings. The number of nitrogens with one attached hydrogen (secondary N) is 2. The minimum absolute atomic E-state index is 0.0272. The Morgan fingerprint density at radius 3 is 2.18 bits per heavy atom. The molecule has 50 heavy (non-hydrogen) atoms. The maximum absolute atomic E-state index is 14.0. The van der Waals surface area contributed by atoms with Crippen LogP contribution in [0.1, 0.15) is 91.7 Å². The number of anilines is 1. The van der Waals surface area contributed by atoms with Gasteiger partial charge in [0.1, 0.15) is 0 Å². The van der Waals surface area contributed by atoms with E-state index < -0.39 is 11.6 Å². The molecule has 1 saturated carbocycles. The Labute approximate surface area is 296 Å². The molecule has 270 valence electrons. The number of carbonyl (C=O) groups excluding carboxylic acids is 1. The van der Waals surface area contributed by atoms with Crippen LogP contribution in [-0.2, 0) is 17.8 Å². The predicted molar refractivity (Wildman–Crippen MR) is 199 cm³/mol. The highest BCUT2D eigenvalue weighted by atomic mass is 16.5. The maximum atomic E-state index is 14.0. The number of benzene rings is 2. The molecule has 0 bridgehead atoms. The van der Waals surface area contributed by atoms with Crippen molar-refractivity contribution in [1.29, 1.82) is 0 Å². The standard InChI is InChI=1S/C40H55N5O5/c1-8-44(32-13-15-33(16-14-32)45(39(48)49)40(5,6)7)36-23-31(30-11-9-29(10-12-30)25-43-17-19-50-20-18-43)22-34(28(36)4)37(46)41-24-35-26(2)21-27(3)42-38(35)47/h9-12,21-23,32-33H,8,13-20,24-25H2,1-7H3,(H,41,46)(H,42,47)(H,48,49)/t32-,33-. The van der Waals surface area contributed by atoms with Gasteiger partial charge in [-0.2, -0.15) is 0 Å². The first-order valence-corrected chi connectivity index (χ1v) is 18.1. The summed E-state index contributed by atoms with van der Waals surface area (Å²) in [6, 6.07) is 14.9. The maximum Gasteiger partial charge on any atom is 0.407 e. The van der Waals surface area contributed by atoms with Crippen LogP contribution in [0.2, 0.25) is 0 Å². The quantitative estimate of drug-likeness (QED) is 0.219. The van der Waals surface area contributed by atoms with E-state index in [1.165, 1.54) is 5.56 Å². The number of amides is 2. The van der Waals surface area contributed by atoms with Gasteiger partial charge >= 0.3 is 6.09 Å². The molecule has 3 aromatic rings. The van der Waals surface area contributed by atoms with E-state index in [0.29, 0.717) is 11.1 Å². The van der Waals surface area contributed by atoms with Crippen LogP contribution >= 0.6 is 0 Å². The molecule has 0 spiro atoms. The van der Waals surface area contributed by atoms with Crippen LogP contribution < -0.4 is 15.8 Å². The van der Waals surface area contributed by atoms with Crippen LogP contribution in [0.3, 0.4) is 0 Å². The van der Waals surface area contributed by atoms with E-state index in [9.17, 15) is 19.5 Å². The number of aromatic amines is 1. The Bertz CT molecular complexity index is 1710. The fourth-order valence-corrected chi connectivity index (χ4v) is 7.83. The average Bonchev–Trinajstić information content (AvgIpc) is 3.06. The lowest BCUT2D eigenvalue weighted by Crippen LogP contribution is -2.53. The van der Waals surface area contributed by atoms with Crippen LogP contribution in [0.25, 0.3) is 11.1 Å². The lowest BCUT2D eigenvalue weighted by Gasteiger charge is -2.45. The molecule has 1 aromatic heterocycles. The second kappa shape index (κ2) is 15.8. The van der Waals surface area contributed by atoms with E-state index in [1.54, 1.807) is 4.90 Å². The highest BCUT2D eigenvalue weighted by Gasteiger charge is 2.37. The molecule has 2 aromatic carbocycles. The summed E-state index contributed by atoms with van der Waals surface area (Å²) in [7, 11) is 0. The highest BCUT2D eigenvalue weighted by Crippen LogP contribution is 2.37. The molecule has 0 radical (unpaired) electrons. The summed E-state index contributed by atoms with van der Waals surface area (Å²) in [6.45, 7) is 18.9. The van der Waals surface area contributed by atoms with Crippen molar-refractivity contribution >= 4 is 17.7 Å². The molecule has 10 nitrogen and oxygen atoms in total. The second-order valence-electron chi connectivity index (χ2n) is 15.0. The monoisotopic (exact) mass is 685 g/mol. The molecule has 2 aliphatic rings. The molecule has 1 aliphatic carbocycles. The number of rotatable bonds is 10. The number of hydrogen-bond acceptors (Lipinski definition) is 6. The Balaban J connectivity index is 1.45. The van der Waals surface area contributed by atoms with Gasteiger partial charge in [0.05, 0.1) is 13.2 Å². The van der Waals surface area contributed by atoms with Crippen LogP contribution in [0.15, 0.2) is 47.3 Å². The van der Waals surface area contributed by atoms with Crippen LogP contribution in [0.4, 0.5) is 10.5 Å². The van der Waals surface area contributed by atoms with Crippen molar-refractivity contribution in [1.82, 2.24) is 20.1 Å². The van der Waals surface area contributed by atoms with E-state index in [-0.39, 0.29) is 30.1 Å². The van der Waals surface area contributed by atoms with Crippen molar-refractivity contribution in [3.8, 4) is 11.1 Å². The number of morpholine rings is 1. The van der Waals surface area contributed by atoms with Gasteiger partial charge in [0, 0.05) is 72.9 Å². The van der Waals surface area contributed by atoms with Crippen LogP contribution in [0, 0.1) is 20.8 Å². The third kappa shape index (κ3) is 8.58. The van der Waals surface area contributed by atoms with Crippen molar-refractivity contribution in [2.24, 2.45) is 0 Å². The van der Waals surface area contributed by atoms with E-state index in [1.807, 2.05) is 53.7 Å². The molecule has 1 saturated heterocycles. The summed E-state index contributed by atoms with van der Waals surface area (Å²) in [5, 5.41) is 13.1. The predicted octanol–water partition coefficient (Wildman–Crippen LogP) is 6.65. The molecule has 2 heterocycles. The smallest absolute Gasteiger partial charge is 0.407 e. The second-order valence-corrected chi connectivity index (χ2v) is 15.0. The van der Waals surface area contributed by atoms with Crippen molar-refractivity contribution in [2.75, 3.05) is 37.7 Å². The minimum atomic E-state index is -0.869. The Hall–Kier alpha value is -4.15. The van der Waals surface area contributed by atoms with Crippen LogP contribution in [-0.4, -0.2) is 82.4 Å². The Kier molecular flexibility index (Phi) is 11.7. The van der Waals surface area contributed by atoms with Crippen molar-refractivity contribution in [3.05, 3.63) is 86.3 Å². The number of aromatic nitrogens is 1. The van der Waals surface area contributed by atoms with Gasteiger partial charge in [-0.15, -0.1) is 0 Å². The summed E-state index contributed by atoms with van der Waals surface area (Å²) in [5.41, 5.74) is 7.20. The zero-order valence-electron chi connectivity index (χ0n) is 30.9. The third-order valence-electron chi connectivity index (χ3n) is 10.4. The lowest BCUT2D eigenvalue weighted by molar-refractivity contribution is 0.0342. The van der Waals surface area contributed by atoms with Gasteiger partial charge in [-0.25, -0.2) is 4.79 Å². The van der Waals surface area contributed by atoms with Gasteiger partial charge < -0.3 is 29.9 Å². The topological polar surface area (TPSA) is 118 Å². The van der Waals surface area contributed by atoms with Gasteiger partial charge in [0.2, 0.25) is 0 Å². The normalized spacial score (nSPS) is 18.5. The first kappa shape index (κ1) is 37.1. The molecule has 0 atom stereocenters. The third-order valence-corrected chi connectivity index (χ3v) is 10.4. The molecule has 1 aliphatic heterocycles. The molecule has 2 amide bonds. The van der Waals surface area contributed by atoms with Gasteiger partial charge in [0.15, 0.2) is 0 Å². The van der Waals surface area contributed by atoms with E-state index in [4.69, 9.17) is 4.74 Å². The number of nitrogens with zero attached hydrogens (tertiary/aromatic N) is 3. The van der Waals surface area contributed by atoms with Crippen molar-refractivity contribution in [2.45, 2.75) is 105 Å². The summed E-state index contributed by atoms with van der Waals surface area (Å²) in [4.78, 5) is 48.2. The Morgan fingerprint density at radius 1 is 0.960 bits per heavy atom. The lowest BCUT2D eigenvalue weighted by atomic mass is 9.86. The van der Waals surface area contributed by atoms with Gasteiger partial charge in [-0.1, -0.05) is 24.3 Å². The highest BCUT2D eigenvalue weighted by molar-refractivity contribution is 5.99. The summed E-state index contributed by atoms with van der Waals surface area (Å²) >= 11 is 0. The fourth-order valence-electron chi connectivity index (χ4n) is 7.83. The number of aryl methyl sites for hydroxylation is 2. The van der Waals surface area contributed by atoms with E-state index in [0.717, 1.165) is 98.7 Å². The number of hydrogen-bond donors (Lipinski definition) is 3. The van der Waals surface area contributed by atoms with Gasteiger partial charge in [-0.05, 0) is 120 Å². The molecule has 0 unspecified atom stereocenters. The molecule has 10 heteroatoms. The first-order valence-electron chi connectivity index (χ1n) is 18.1. The Morgan fingerprint density at radius 2 is 1.60 bits per heavy atom. The summed E-state index contributed by atoms with van der Waals surface area (Å²) < 4.78 is 5.51. The minimum Gasteiger partial charge on any atom is -0.465 e. The average molecular weight is 686 g/mol. The molecular formula is C40H55N5O5. The summed E-state index contributed by atoms with van der Waals surface area (Å²) in [5.74, 6) is -0.226. The van der Waals surface area contributed by atoms with Gasteiger partial charge in [-0.3, -0.25) is 14.5 Å². The zero-order chi connectivity index (χ0) is 36.2. The SMILES string of the molecule is CCN(c1cc(-c2ccc(CN3CCOCC3)cc2)cc(C(=O)NCc2c(C)cc(C)[nH]c2=O)c1C)[C@H]1CC[C@H](N(C(=O)O)C(C)(C)C)CC1. The largest absolute Gasteiger partial charge is 0.465 e. The first-order chi connectivity index (χ1) is 23.8. The number of carbonyl (C=O) groups is 2. The number of pyridine rings is 1. The van der Waals surface area contributed by atoms with E-state index >= 15 is 0 Å². The molecule has 5 rings (SSSR count). The van der Waals surface area contributed by atoms with E-state index in [2.05, 4.69) is 57.4 Å². The summed E-state index contributed by atoms with van der Waals surface area (Å²) in [6.07, 6.45) is 2.41.